The lowest BCUT2D eigenvalue weighted by molar-refractivity contribution is -0.127. The molecule has 0 saturated carbocycles. The van der Waals surface area contributed by atoms with Gasteiger partial charge < -0.3 is 5.32 Å². The third-order valence-electron chi connectivity index (χ3n) is 3.67. The minimum Gasteiger partial charge on any atom is -0.346 e. The molecular weight excluding hydrogens is 236 g/mol. The third kappa shape index (κ3) is 4.06. The quantitative estimate of drug-likeness (QED) is 0.855. The minimum absolute atomic E-state index is 0.0811. The Hall–Kier alpha value is -1.35. The molecule has 0 saturated heterocycles. The van der Waals surface area contributed by atoms with Crippen LogP contribution in [0.5, 0.6) is 0 Å². The van der Waals surface area contributed by atoms with Gasteiger partial charge in [-0.15, -0.1) is 0 Å². The van der Waals surface area contributed by atoms with Crippen molar-refractivity contribution in [1.29, 1.82) is 0 Å². The topological polar surface area (TPSA) is 32.3 Å². The van der Waals surface area contributed by atoms with Crippen LogP contribution in [0.15, 0.2) is 30.3 Å². The van der Waals surface area contributed by atoms with Crippen molar-refractivity contribution in [3.8, 4) is 0 Å². The highest BCUT2D eigenvalue weighted by atomic mass is 16.2. The highest BCUT2D eigenvalue weighted by molar-refractivity contribution is 5.82. The summed E-state index contributed by atoms with van der Waals surface area (Å²) in [4.78, 5) is 14.5. The summed E-state index contributed by atoms with van der Waals surface area (Å²) in [5.74, 6) is 0.0811. The summed E-state index contributed by atoms with van der Waals surface area (Å²) >= 11 is 0. The molecule has 0 aliphatic carbocycles. The maximum absolute atomic E-state index is 12.3. The molecule has 1 atom stereocenters. The van der Waals surface area contributed by atoms with Crippen LogP contribution in [0.25, 0.3) is 0 Å². The van der Waals surface area contributed by atoms with Crippen LogP contribution in [-0.4, -0.2) is 29.9 Å². The average Bonchev–Trinajstić information content (AvgIpc) is 2.40. The van der Waals surface area contributed by atoms with Crippen LogP contribution in [0.1, 0.15) is 40.2 Å². The van der Waals surface area contributed by atoms with E-state index in [1.807, 2.05) is 51.1 Å². The van der Waals surface area contributed by atoms with E-state index >= 15 is 0 Å². The van der Waals surface area contributed by atoms with Gasteiger partial charge in [0.1, 0.15) is 0 Å². The number of nitrogens with one attached hydrogen (secondary N) is 1. The predicted octanol–water partition coefficient (Wildman–Crippen LogP) is 2.77. The number of hydrogen-bond donors (Lipinski definition) is 1. The van der Waals surface area contributed by atoms with Gasteiger partial charge in [0.2, 0.25) is 5.91 Å². The first-order valence-corrected chi connectivity index (χ1v) is 7.04. The molecule has 1 rings (SSSR count). The summed E-state index contributed by atoms with van der Waals surface area (Å²) in [7, 11) is 0. The maximum atomic E-state index is 12.3. The molecule has 0 radical (unpaired) electrons. The first kappa shape index (κ1) is 15.7. The number of carbonyl (C=O) groups excluding carboxylic acids is 1. The molecule has 1 aromatic rings. The van der Waals surface area contributed by atoms with Crippen LogP contribution in [0, 0.1) is 0 Å². The van der Waals surface area contributed by atoms with Crippen molar-refractivity contribution in [2.75, 3.05) is 13.1 Å². The van der Waals surface area contributed by atoms with Gasteiger partial charge >= 0.3 is 0 Å². The summed E-state index contributed by atoms with van der Waals surface area (Å²) in [5, 5.41) is 3.14. The molecule has 1 unspecified atom stereocenters. The lowest BCUT2D eigenvalue weighted by Crippen LogP contribution is -2.50. The molecule has 0 heterocycles. The second kappa shape index (κ2) is 6.71. The first-order valence-electron chi connectivity index (χ1n) is 7.04. The molecule has 0 aromatic heterocycles. The molecule has 3 heteroatoms. The SMILES string of the molecule is CCN(CC)C(C)C(=O)NC(C)(C)c1ccccc1. The van der Waals surface area contributed by atoms with Gasteiger partial charge in [0.15, 0.2) is 0 Å². The molecule has 19 heavy (non-hydrogen) atoms. The standard InChI is InChI=1S/C16H26N2O/c1-6-18(7-2)13(3)15(19)17-16(4,5)14-11-9-8-10-12-14/h8-13H,6-7H2,1-5H3,(H,17,19). The van der Waals surface area contributed by atoms with Gasteiger partial charge in [0.25, 0.3) is 0 Å². The second-order valence-electron chi connectivity index (χ2n) is 5.38. The van der Waals surface area contributed by atoms with Crippen molar-refractivity contribution in [3.63, 3.8) is 0 Å². The van der Waals surface area contributed by atoms with Gasteiger partial charge in [-0.25, -0.2) is 0 Å². The van der Waals surface area contributed by atoms with Crippen molar-refractivity contribution >= 4 is 5.91 Å². The molecule has 3 nitrogen and oxygen atoms in total. The number of nitrogens with zero attached hydrogens (tertiary/aromatic N) is 1. The number of benzene rings is 1. The van der Waals surface area contributed by atoms with Crippen molar-refractivity contribution in [2.24, 2.45) is 0 Å². The Morgan fingerprint density at radius 1 is 1.21 bits per heavy atom. The summed E-state index contributed by atoms with van der Waals surface area (Å²) in [6.45, 7) is 12.0. The van der Waals surface area contributed by atoms with Gasteiger partial charge in [-0.1, -0.05) is 44.2 Å². The Kier molecular flexibility index (Phi) is 5.55. The van der Waals surface area contributed by atoms with E-state index in [0.29, 0.717) is 0 Å². The zero-order valence-electron chi connectivity index (χ0n) is 12.7. The number of hydrogen-bond acceptors (Lipinski definition) is 2. The van der Waals surface area contributed by atoms with Gasteiger partial charge in [0.05, 0.1) is 11.6 Å². The van der Waals surface area contributed by atoms with Crippen LogP contribution in [0.3, 0.4) is 0 Å². The Labute approximate surface area is 117 Å². The molecule has 1 N–H and O–H groups in total. The third-order valence-corrected chi connectivity index (χ3v) is 3.67. The largest absolute Gasteiger partial charge is 0.346 e. The number of carbonyl (C=O) groups is 1. The van der Waals surface area contributed by atoms with E-state index in [-0.39, 0.29) is 17.5 Å². The summed E-state index contributed by atoms with van der Waals surface area (Å²) in [5.41, 5.74) is 0.773. The van der Waals surface area contributed by atoms with E-state index in [4.69, 9.17) is 0 Å². The van der Waals surface area contributed by atoms with E-state index in [9.17, 15) is 4.79 Å². The van der Waals surface area contributed by atoms with E-state index in [0.717, 1.165) is 18.7 Å². The summed E-state index contributed by atoms with van der Waals surface area (Å²) < 4.78 is 0. The van der Waals surface area contributed by atoms with Crippen LogP contribution < -0.4 is 5.32 Å². The van der Waals surface area contributed by atoms with Crippen molar-refractivity contribution in [1.82, 2.24) is 10.2 Å². The fourth-order valence-electron chi connectivity index (χ4n) is 2.28. The van der Waals surface area contributed by atoms with Gasteiger partial charge in [-0.05, 0) is 39.4 Å². The van der Waals surface area contributed by atoms with E-state index in [1.165, 1.54) is 0 Å². The number of likely N-dealkylation sites (N-methyl/N-ethyl adjacent to an activating group) is 1. The first-order chi connectivity index (χ1) is 8.92. The highest BCUT2D eigenvalue weighted by Crippen LogP contribution is 2.19. The molecule has 1 amide bonds. The molecule has 0 aliphatic heterocycles. The van der Waals surface area contributed by atoms with E-state index in [2.05, 4.69) is 24.1 Å². The van der Waals surface area contributed by atoms with Crippen molar-refractivity contribution in [2.45, 2.75) is 46.2 Å². The lowest BCUT2D eigenvalue weighted by atomic mass is 9.94. The molecule has 0 bridgehead atoms. The molecule has 1 aromatic carbocycles. The van der Waals surface area contributed by atoms with Crippen molar-refractivity contribution in [3.05, 3.63) is 35.9 Å². The van der Waals surface area contributed by atoms with Gasteiger partial charge in [-0.3, -0.25) is 9.69 Å². The number of rotatable bonds is 6. The molecule has 0 fully saturated rings. The minimum atomic E-state index is -0.347. The Balaban J connectivity index is 2.75. The summed E-state index contributed by atoms with van der Waals surface area (Å²) in [6, 6.07) is 9.97. The molecule has 0 aliphatic rings. The smallest absolute Gasteiger partial charge is 0.237 e. The highest BCUT2D eigenvalue weighted by Gasteiger charge is 2.27. The fourth-order valence-corrected chi connectivity index (χ4v) is 2.28. The van der Waals surface area contributed by atoms with E-state index in [1.54, 1.807) is 0 Å². The normalized spacial score (nSPS) is 13.4. The Morgan fingerprint density at radius 3 is 2.21 bits per heavy atom. The Morgan fingerprint density at radius 2 is 1.74 bits per heavy atom. The maximum Gasteiger partial charge on any atom is 0.237 e. The van der Waals surface area contributed by atoms with Gasteiger partial charge in [0, 0.05) is 0 Å². The van der Waals surface area contributed by atoms with Crippen LogP contribution in [-0.2, 0) is 10.3 Å². The summed E-state index contributed by atoms with van der Waals surface area (Å²) in [6.07, 6.45) is 0. The van der Waals surface area contributed by atoms with Gasteiger partial charge in [-0.2, -0.15) is 0 Å². The number of amides is 1. The van der Waals surface area contributed by atoms with E-state index < -0.39 is 0 Å². The zero-order chi connectivity index (χ0) is 14.5. The fraction of sp³-hybridized carbons (Fsp3) is 0.562. The second-order valence-corrected chi connectivity index (χ2v) is 5.38. The van der Waals surface area contributed by atoms with Crippen LogP contribution in [0.4, 0.5) is 0 Å². The van der Waals surface area contributed by atoms with Crippen molar-refractivity contribution < 1.29 is 4.79 Å². The molecule has 106 valence electrons. The van der Waals surface area contributed by atoms with Crippen LogP contribution >= 0.6 is 0 Å². The predicted molar refractivity (Wildman–Crippen MR) is 80.0 cm³/mol. The Bertz CT molecular complexity index is 396. The van der Waals surface area contributed by atoms with Crippen LogP contribution in [0.2, 0.25) is 0 Å². The average molecular weight is 262 g/mol. The lowest BCUT2D eigenvalue weighted by Gasteiger charge is -2.32. The zero-order valence-corrected chi connectivity index (χ0v) is 12.7. The molecular formula is C16H26N2O. The molecule has 0 spiro atoms. The monoisotopic (exact) mass is 262 g/mol.